The second-order valence-electron chi connectivity index (χ2n) is 6.49. The summed E-state index contributed by atoms with van der Waals surface area (Å²) in [4.78, 5) is 17.2. The average Bonchev–Trinajstić information content (AvgIpc) is 3.12. The number of halogens is 2. The summed E-state index contributed by atoms with van der Waals surface area (Å²) >= 11 is 9.69. The van der Waals surface area contributed by atoms with Crippen molar-refractivity contribution >= 4 is 50.2 Å². The van der Waals surface area contributed by atoms with Gasteiger partial charge in [0.2, 0.25) is 5.89 Å². The van der Waals surface area contributed by atoms with Crippen LogP contribution in [0.5, 0.6) is 5.75 Å². The van der Waals surface area contributed by atoms with E-state index < -0.39 is 0 Å². The highest BCUT2D eigenvalue weighted by molar-refractivity contribution is 9.10. The van der Waals surface area contributed by atoms with Gasteiger partial charge in [-0.15, -0.1) is 0 Å². The quantitative estimate of drug-likeness (QED) is 0.370. The van der Waals surface area contributed by atoms with E-state index in [2.05, 4.69) is 26.2 Å². The normalized spacial score (nSPS) is 10.9. The zero-order chi connectivity index (χ0) is 20.5. The van der Waals surface area contributed by atoms with E-state index in [0.29, 0.717) is 38.0 Å². The molecule has 0 aliphatic heterocycles. The lowest BCUT2D eigenvalue weighted by atomic mass is 10.1. The van der Waals surface area contributed by atoms with Crippen molar-refractivity contribution in [1.82, 2.24) is 4.98 Å². The molecule has 1 amide bonds. The Balaban J connectivity index is 1.64. The molecule has 4 aromatic rings. The van der Waals surface area contributed by atoms with Crippen LogP contribution in [0.15, 0.2) is 63.5 Å². The summed E-state index contributed by atoms with van der Waals surface area (Å²) in [5.41, 5.74) is 4.25. The highest BCUT2D eigenvalue weighted by Gasteiger charge is 2.14. The van der Waals surface area contributed by atoms with Crippen LogP contribution in [-0.2, 0) is 0 Å². The number of oxazole rings is 1. The number of hydrogen-bond donors (Lipinski definition) is 1. The number of methoxy groups -OCH3 is 1. The number of aryl methyl sites for hydroxylation is 1. The summed E-state index contributed by atoms with van der Waals surface area (Å²) in [5, 5.41) is 3.26. The Labute approximate surface area is 180 Å². The van der Waals surface area contributed by atoms with Crippen molar-refractivity contribution in [3.8, 4) is 17.2 Å². The zero-order valence-corrected chi connectivity index (χ0v) is 18.0. The monoisotopic (exact) mass is 470 g/mol. The van der Waals surface area contributed by atoms with E-state index in [4.69, 9.17) is 20.8 Å². The van der Waals surface area contributed by atoms with Crippen molar-refractivity contribution in [3.63, 3.8) is 0 Å². The third-order valence-electron chi connectivity index (χ3n) is 4.42. The number of ether oxygens (including phenoxy) is 1. The molecule has 1 aromatic heterocycles. The van der Waals surface area contributed by atoms with E-state index >= 15 is 0 Å². The molecule has 0 aliphatic carbocycles. The number of aromatic nitrogens is 1. The van der Waals surface area contributed by atoms with Crippen LogP contribution in [0.25, 0.3) is 22.6 Å². The molecular weight excluding hydrogens is 456 g/mol. The van der Waals surface area contributed by atoms with Gasteiger partial charge in [-0.05, 0) is 76.9 Å². The molecule has 0 aliphatic rings. The lowest BCUT2D eigenvalue weighted by Crippen LogP contribution is -2.12. The summed E-state index contributed by atoms with van der Waals surface area (Å²) in [5.74, 6) is 0.818. The van der Waals surface area contributed by atoms with Gasteiger partial charge in [0.1, 0.15) is 11.3 Å². The van der Waals surface area contributed by atoms with Crippen LogP contribution in [0.3, 0.4) is 0 Å². The van der Waals surface area contributed by atoms with Gasteiger partial charge in [0.05, 0.1) is 22.3 Å². The van der Waals surface area contributed by atoms with Gasteiger partial charge in [0.25, 0.3) is 5.91 Å². The van der Waals surface area contributed by atoms with Crippen LogP contribution in [0.1, 0.15) is 15.9 Å². The fourth-order valence-corrected chi connectivity index (χ4v) is 3.62. The molecule has 1 N–H and O–H groups in total. The van der Waals surface area contributed by atoms with Crippen LogP contribution in [-0.4, -0.2) is 18.0 Å². The molecule has 0 radical (unpaired) electrons. The third kappa shape index (κ3) is 3.99. The van der Waals surface area contributed by atoms with Crippen molar-refractivity contribution in [2.24, 2.45) is 0 Å². The minimum atomic E-state index is -0.291. The highest BCUT2D eigenvalue weighted by Crippen LogP contribution is 2.31. The Morgan fingerprint density at radius 1 is 1.14 bits per heavy atom. The second kappa shape index (κ2) is 7.89. The number of amides is 1. The topological polar surface area (TPSA) is 64.4 Å². The van der Waals surface area contributed by atoms with Gasteiger partial charge in [0, 0.05) is 11.1 Å². The van der Waals surface area contributed by atoms with Crippen LogP contribution in [0.2, 0.25) is 5.02 Å². The van der Waals surface area contributed by atoms with Crippen molar-refractivity contribution in [3.05, 3.63) is 75.2 Å². The zero-order valence-electron chi connectivity index (χ0n) is 15.6. The van der Waals surface area contributed by atoms with Crippen molar-refractivity contribution in [1.29, 1.82) is 0 Å². The van der Waals surface area contributed by atoms with Gasteiger partial charge in [-0.3, -0.25) is 4.79 Å². The lowest BCUT2D eigenvalue weighted by Gasteiger charge is -2.10. The van der Waals surface area contributed by atoms with Gasteiger partial charge < -0.3 is 14.5 Å². The summed E-state index contributed by atoms with van der Waals surface area (Å²) in [6.07, 6.45) is 0. The van der Waals surface area contributed by atoms with E-state index in [1.165, 1.54) is 0 Å². The lowest BCUT2D eigenvalue weighted by molar-refractivity contribution is 0.102. The molecule has 0 saturated heterocycles. The Hall–Kier alpha value is -2.83. The predicted molar refractivity (Wildman–Crippen MR) is 118 cm³/mol. The number of hydrogen-bond acceptors (Lipinski definition) is 4. The van der Waals surface area contributed by atoms with Crippen LogP contribution >= 0.6 is 27.5 Å². The Kier molecular flexibility index (Phi) is 5.30. The number of benzene rings is 3. The Bertz CT molecular complexity index is 1240. The number of fused-ring (bicyclic) bond motifs is 1. The Morgan fingerprint density at radius 2 is 1.97 bits per heavy atom. The number of anilines is 1. The number of carbonyl (C=O) groups excluding carboxylic acids is 1. The molecule has 0 unspecified atom stereocenters. The standard InChI is InChI=1S/C22H16BrClN2O3/c1-12-3-7-20-18(9-12)26-22(29-20)14-4-6-16(24)17(11-14)25-21(27)13-5-8-19(28-2)15(23)10-13/h3-11H,1-2H3,(H,25,27). The minimum Gasteiger partial charge on any atom is -0.496 e. The van der Waals surface area contributed by atoms with Crippen LogP contribution < -0.4 is 10.1 Å². The van der Waals surface area contributed by atoms with Crippen molar-refractivity contribution in [2.45, 2.75) is 6.92 Å². The molecule has 0 spiro atoms. The maximum absolute atomic E-state index is 12.7. The van der Waals surface area contributed by atoms with E-state index in [0.717, 1.165) is 16.6 Å². The van der Waals surface area contributed by atoms with Crippen molar-refractivity contribution < 1.29 is 13.9 Å². The highest BCUT2D eigenvalue weighted by atomic mass is 79.9. The molecule has 29 heavy (non-hydrogen) atoms. The molecule has 146 valence electrons. The molecule has 7 heteroatoms. The fourth-order valence-electron chi connectivity index (χ4n) is 2.92. The average molecular weight is 472 g/mol. The molecule has 0 atom stereocenters. The maximum atomic E-state index is 12.7. The van der Waals surface area contributed by atoms with Gasteiger partial charge in [-0.1, -0.05) is 17.7 Å². The van der Waals surface area contributed by atoms with Crippen LogP contribution in [0.4, 0.5) is 5.69 Å². The first-order valence-electron chi connectivity index (χ1n) is 8.76. The summed E-state index contributed by atoms with van der Waals surface area (Å²) in [6, 6.07) is 16.2. The summed E-state index contributed by atoms with van der Waals surface area (Å²) in [7, 11) is 1.57. The van der Waals surface area contributed by atoms with E-state index in [1.807, 2.05) is 25.1 Å². The molecule has 0 saturated carbocycles. The Morgan fingerprint density at radius 3 is 2.72 bits per heavy atom. The predicted octanol–water partition coefficient (Wildman–Crippen LogP) is 6.48. The van der Waals surface area contributed by atoms with Gasteiger partial charge in [-0.25, -0.2) is 4.98 Å². The third-order valence-corrected chi connectivity index (χ3v) is 5.37. The molecule has 1 heterocycles. The molecule has 0 bridgehead atoms. The smallest absolute Gasteiger partial charge is 0.255 e. The maximum Gasteiger partial charge on any atom is 0.255 e. The van der Waals surface area contributed by atoms with Crippen molar-refractivity contribution in [2.75, 3.05) is 12.4 Å². The summed E-state index contributed by atoms with van der Waals surface area (Å²) in [6.45, 7) is 2.00. The molecule has 4 rings (SSSR count). The number of rotatable bonds is 4. The number of carbonyl (C=O) groups is 1. The molecule has 5 nitrogen and oxygen atoms in total. The fraction of sp³-hybridized carbons (Fsp3) is 0.0909. The minimum absolute atomic E-state index is 0.291. The van der Waals surface area contributed by atoms with Crippen LogP contribution in [0, 0.1) is 6.92 Å². The first kappa shape index (κ1) is 19.5. The number of nitrogens with zero attached hydrogens (tertiary/aromatic N) is 1. The van der Waals surface area contributed by atoms with Gasteiger partial charge >= 0.3 is 0 Å². The number of nitrogens with one attached hydrogen (secondary N) is 1. The summed E-state index contributed by atoms with van der Waals surface area (Å²) < 4.78 is 11.7. The van der Waals surface area contributed by atoms with E-state index in [-0.39, 0.29) is 5.91 Å². The first-order valence-corrected chi connectivity index (χ1v) is 9.93. The first-order chi connectivity index (χ1) is 13.9. The largest absolute Gasteiger partial charge is 0.496 e. The van der Waals surface area contributed by atoms with Gasteiger partial charge in [-0.2, -0.15) is 0 Å². The SMILES string of the molecule is COc1ccc(C(=O)Nc2cc(-c3nc4cc(C)ccc4o3)ccc2Cl)cc1Br. The second-order valence-corrected chi connectivity index (χ2v) is 7.75. The molecular formula is C22H16BrClN2O3. The van der Waals surface area contributed by atoms with E-state index in [1.54, 1.807) is 43.5 Å². The van der Waals surface area contributed by atoms with E-state index in [9.17, 15) is 4.79 Å². The molecule has 0 fully saturated rings. The van der Waals surface area contributed by atoms with Gasteiger partial charge in [0.15, 0.2) is 5.58 Å². The molecule has 3 aromatic carbocycles.